The number of nitrogens with two attached hydrogens (primary N) is 1. The van der Waals surface area contributed by atoms with Crippen molar-refractivity contribution in [3.05, 3.63) is 41.1 Å². The van der Waals surface area contributed by atoms with Crippen LogP contribution in [-0.2, 0) is 6.42 Å². The number of rotatable bonds is 4. The number of hydrogen-bond acceptors (Lipinski definition) is 2. The molecule has 3 nitrogen and oxygen atoms in total. The molecule has 0 fully saturated rings. The number of aromatic amines is 1. The highest BCUT2D eigenvalue weighted by molar-refractivity contribution is 5.67. The van der Waals surface area contributed by atoms with Gasteiger partial charge in [-0.1, -0.05) is 26.0 Å². The van der Waals surface area contributed by atoms with Crippen LogP contribution in [-0.4, -0.2) is 16.7 Å². The molecule has 1 aromatic carbocycles. The van der Waals surface area contributed by atoms with Gasteiger partial charge in [-0.15, -0.1) is 0 Å². The first-order chi connectivity index (χ1) is 8.63. The zero-order valence-electron chi connectivity index (χ0n) is 11.3. The molecule has 0 saturated heterocycles. The molecular formula is C15H21N3. The lowest BCUT2D eigenvalue weighted by Gasteiger charge is -2.11. The van der Waals surface area contributed by atoms with E-state index in [0.29, 0.717) is 12.5 Å². The SMILES string of the molecule is Cc1ccc(C(C)C)cc1-c1[nH]ncc1CCN. The van der Waals surface area contributed by atoms with Crippen molar-refractivity contribution in [1.29, 1.82) is 0 Å². The molecule has 3 heteroatoms. The van der Waals surface area contributed by atoms with Gasteiger partial charge in [0.05, 0.1) is 11.9 Å². The van der Waals surface area contributed by atoms with Gasteiger partial charge < -0.3 is 5.73 Å². The van der Waals surface area contributed by atoms with Gasteiger partial charge in [0.25, 0.3) is 0 Å². The summed E-state index contributed by atoms with van der Waals surface area (Å²) in [6, 6.07) is 6.63. The number of aromatic nitrogens is 2. The minimum absolute atomic E-state index is 0.533. The summed E-state index contributed by atoms with van der Waals surface area (Å²) in [4.78, 5) is 0. The third-order valence-electron chi connectivity index (χ3n) is 3.33. The van der Waals surface area contributed by atoms with E-state index in [-0.39, 0.29) is 0 Å². The third-order valence-corrected chi connectivity index (χ3v) is 3.33. The fourth-order valence-corrected chi connectivity index (χ4v) is 2.16. The topological polar surface area (TPSA) is 54.7 Å². The lowest BCUT2D eigenvalue weighted by atomic mass is 9.94. The molecule has 18 heavy (non-hydrogen) atoms. The Bertz CT molecular complexity index is 526. The smallest absolute Gasteiger partial charge is 0.0685 e. The maximum Gasteiger partial charge on any atom is 0.0685 e. The first-order valence-corrected chi connectivity index (χ1v) is 6.46. The monoisotopic (exact) mass is 243 g/mol. The minimum atomic E-state index is 0.533. The average Bonchev–Trinajstić information content (AvgIpc) is 2.78. The summed E-state index contributed by atoms with van der Waals surface area (Å²) in [7, 11) is 0. The molecule has 0 bridgehead atoms. The summed E-state index contributed by atoms with van der Waals surface area (Å²) in [5.74, 6) is 0.533. The number of H-pyrrole nitrogens is 1. The molecule has 96 valence electrons. The van der Waals surface area contributed by atoms with Gasteiger partial charge in [-0.2, -0.15) is 5.10 Å². The van der Waals surface area contributed by atoms with E-state index in [4.69, 9.17) is 5.73 Å². The van der Waals surface area contributed by atoms with Crippen molar-refractivity contribution in [2.24, 2.45) is 5.73 Å². The van der Waals surface area contributed by atoms with Crippen LogP contribution in [0.4, 0.5) is 0 Å². The second-order valence-corrected chi connectivity index (χ2v) is 5.04. The van der Waals surface area contributed by atoms with Gasteiger partial charge in [-0.25, -0.2) is 0 Å². The first kappa shape index (κ1) is 12.8. The van der Waals surface area contributed by atoms with Crippen LogP contribution in [0, 0.1) is 6.92 Å². The van der Waals surface area contributed by atoms with Gasteiger partial charge in [-0.05, 0) is 48.6 Å². The van der Waals surface area contributed by atoms with Crippen LogP contribution >= 0.6 is 0 Å². The fraction of sp³-hybridized carbons (Fsp3) is 0.400. The van der Waals surface area contributed by atoms with E-state index in [0.717, 1.165) is 12.1 Å². The van der Waals surface area contributed by atoms with Crippen molar-refractivity contribution in [2.45, 2.75) is 33.1 Å². The van der Waals surface area contributed by atoms with E-state index in [1.54, 1.807) is 0 Å². The molecule has 1 aromatic heterocycles. The predicted molar refractivity (Wildman–Crippen MR) is 75.6 cm³/mol. The standard InChI is InChI=1S/C15H21N3/c1-10(2)12-5-4-11(3)14(8-12)15-13(6-7-16)9-17-18-15/h4-5,8-10H,6-7,16H2,1-3H3,(H,17,18). The van der Waals surface area contributed by atoms with E-state index < -0.39 is 0 Å². The van der Waals surface area contributed by atoms with Crippen LogP contribution in [0.3, 0.4) is 0 Å². The van der Waals surface area contributed by atoms with E-state index in [2.05, 4.69) is 49.2 Å². The van der Waals surface area contributed by atoms with Crippen molar-refractivity contribution < 1.29 is 0 Å². The Morgan fingerprint density at radius 1 is 1.33 bits per heavy atom. The molecule has 2 rings (SSSR count). The molecule has 0 unspecified atom stereocenters. The van der Waals surface area contributed by atoms with Crippen molar-refractivity contribution in [1.82, 2.24) is 10.2 Å². The van der Waals surface area contributed by atoms with Crippen LogP contribution in [0.1, 0.15) is 36.5 Å². The van der Waals surface area contributed by atoms with Gasteiger partial charge in [0.15, 0.2) is 0 Å². The molecule has 0 radical (unpaired) electrons. The molecule has 0 aliphatic rings. The second-order valence-electron chi connectivity index (χ2n) is 5.04. The van der Waals surface area contributed by atoms with Gasteiger partial charge in [0.1, 0.15) is 0 Å². The van der Waals surface area contributed by atoms with E-state index >= 15 is 0 Å². The molecule has 0 atom stereocenters. The number of nitrogens with zero attached hydrogens (tertiary/aromatic N) is 1. The Morgan fingerprint density at radius 2 is 2.11 bits per heavy atom. The Hall–Kier alpha value is -1.61. The van der Waals surface area contributed by atoms with Crippen LogP contribution in [0.15, 0.2) is 24.4 Å². The normalized spacial score (nSPS) is 11.2. The van der Waals surface area contributed by atoms with Gasteiger partial charge >= 0.3 is 0 Å². The zero-order chi connectivity index (χ0) is 13.1. The van der Waals surface area contributed by atoms with Crippen molar-refractivity contribution in [2.75, 3.05) is 6.54 Å². The molecule has 3 N–H and O–H groups in total. The Balaban J connectivity index is 2.48. The molecular weight excluding hydrogens is 222 g/mol. The minimum Gasteiger partial charge on any atom is -0.330 e. The molecule has 0 spiro atoms. The number of hydrogen-bond donors (Lipinski definition) is 2. The van der Waals surface area contributed by atoms with Crippen molar-refractivity contribution in [3.8, 4) is 11.3 Å². The lowest BCUT2D eigenvalue weighted by Crippen LogP contribution is -2.03. The van der Waals surface area contributed by atoms with Gasteiger partial charge in [0.2, 0.25) is 0 Å². The molecule has 2 aromatic rings. The molecule has 0 aliphatic heterocycles. The quantitative estimate of drug-likeness (QED) is 0.867. The molecule has 0 saturated carbocycles. The average molecular weight is 243 g/mol. The maximum atomic E-state index is 5.64. The predicted octanol–water partition coefficient (Wildman–Crippen LogP) is 3.01. The number of nitrogens with one attached hydrogen (secondary N) is 1. The summed E-state index contributed by atoms with van der Waals surface area (Å²) in [6.07, 6.45) is 2.74. The molecule has 1 heterocycles. The zero-order valence-corrected chi connectivity index (χ0v) is 11.3. The highest BCUT2D eigenvalue weighted by atomic mass is 15.1. The molecule has 0 amide bonds. The van der Waals surface area contributed by atoms with Crippen LogP contribution in [0.5, 0.6) is 0 Å². The number of benzene rings is 1. The largest absolute Gasteiger partial charge is 0.330 e. The summed E-state index contributed by atoms with van der Waals surface area (Å²) < 4.78 is 0. The Morgan fingerprint density at radius 3 is 2.78 bits per heavy atom. The van der Waals surface area contributed by atoms with Crippen molar-refractivity contribution in [3.63, 3.8) is 0 Å². The Kier molecular flexibility index (Phi) is 3.82. The first-order valence-electron chi connectivity index (χ1n) is 6.46. The van der Waals surface area contributed by atoms with Crippen molar-refractivity contribution >= 4 is 0 Å². The van der Waals surface area contributed by atoms with Gasteiger partial charge in [-0.3, -0.25) is 5.10 Å². The lowest BCUT2D eigenvalue weighted by molar-refractivity contribution is 0.866. The highest BCUT2D eigenvalue weighted by Gasteiger charge is 2.11. The fourth-order valence-electron chi connectivity index (χ4n) is 2.16. The summed E-state index contributed by atoms with van der Waals surface area (Å²) in [6.45, 7) is 7.20. The second kappa shape index (κ2) is 5.36. The van der Waals surface area contributed by atoms with E-state index in [9.17, 15) is 0 Å². The maximum absolute atomic E-state index is 5.64. The van der Waals surface area contributed by atoms with Crippen LogP contribution < -0.4 is 5.73 Å². The van der Waals surface area contributed by atoms with Crippen LogP contribution in [0.25, 0.3) is 11.3 Å². The third kappa shape index (κ3) is 2.46. The number of aryl methyl sites for hydroxylation is 1. The van der Waals surface area contributed by atoms with Gasteiger partial charge in [0, 0.05) is 5.56 Å². The van der Waals surface area contributed by atoms with E-state index in [1.165, 1.54) is 22.3 Å². The summed E-state index contributed by atoms with van der Waals surface area (Å²) in [5, 5.41) is 7.26. The van der Waals surface area contributed by atoms with E-state index in [1.807, 2.05) is 6.20 Å². The highest BCUT2D eigenvalue weighted by Crippen LogP contribution is 2.28. The van der Waals surface area contributed by atoms with Crippen LogP contribution in [0.2, 0.25) is 0 Å². The summed E-state index contributed by atoms with van der Waals surface area (Å²) >= 11 is 0. The Labute approximate surface area is 108 Å². The summed E-state index contributed by atoms with van der Waals surface area (Å²) in [5.41, 5.74) is 11.8. The molecule has 0 aliphatic carbocycles.